The molecule has 0 aliphatic carbocycles. The van der Waals surface area contributed by atoms with Gasteiger partial charge >= 0.3 is 0 Å². The minimum atomic E-state index is -0.336. The van der Waals surface area contributed by atoms with Crippen LogP contribution in [0.3, 0.4) is 0 Å². The minimum Gasteiger partial charge on any atom is -0.504 e. The average molecular weight is 499 g/mol. The molecule has 0 atom stereocenters. The van der Waals surface area contributed by atoms with Gasteiger partial charge in [0.2, 0.25) is 0 Å². The Hall–Kier alpha value is -3.62. The van der Waals surface area contributed by atoms with E-state index >= 15 is 0 Å². The Labute approximate surface area is 212 Å². The summed E-state index contributed by atoms with van der Waals surface area (Å²) < 4.78 is 27.0. The summed E-state index contributed by atoms with van der Waals surface area (Å²) in [4.78, 5) is 24.4. The normalized spacial score (nSPS) is 11.2. The molecule has 0 aromatic heterocycles. The number of benzene rings is 2. The second-order valence-corrected chi connectivity index (χ2v) is 7.69. The van der Waals surface area contributed by atoms with Crippen LogP contribution >= 0.6 is 0 Å². The van der Waals surface area contributed by atoms with E-state index in [0.717, 1.165) is 18.6 Å². The number of phenolic OH excluding ortho intramolecular Hbond substituents is 1. The van der Waals surface area contributed by atoms with E-state index < -0.39 is 0 Å². The van der Waals surface area contributed by atoms with Crippen LogP contribution < -0.4 is 14.2 Å². The van der Waals surface area contributed by atoms with E-state index in [1.54, 1.807) is 42.5 Å². The van der Waals surface area contributed by atoms with E-state index in [4.69, 9.17) is 23.7 Å². The number of methoxy groups -OCH3 is 2. The first kappa shape index (κ1) is 28.6. The van der Waals surface area contributed by atoms with Crippen molar-refractivity contribution in [2.24, 2.45) is 0 Å². The zero-order chi connectivity index (χ0) is 26.2. The Kier molecular flexibility index (Phi) is 12.8. The van der Waals surface area contributed by atoms with Gasteiger partial charge in [-0.1, -0.05) is 31.2 Å². The number of ketones is 2. The number of hydrogen-bond acceptors (Lipinski definition) is 8. The van der Waals surface area contributed by atoms with Crippen LogP contribution in [0.25, 0.3) is 12.2 Å². The molecule has 2 aromatic carbocycles. The Morgan fingerprint density at radius 2 is 1.31 bits per heavy atom. The molecule has 8 heteroatoms. The molecule has 0 unspecified atom stereocenters. The van der Waals surface area contributed by atoms with Crippen LogP contribution in [0.5, 0.6) is 23.0 Å². The third-order valence-corrected chi connectivity index (χ3v) is 4.87. The number of carbonyl (C=O) groups excluding carboxylic acids is 2. The molecule has 2 rings (SSSR count). The van der Waals surface area contributed by atoms with E-state index in [2.05, 4.69) is 6.92 Å². The van der Waals surface area contributed by atoms with Crippen molar-refractivity contribution < 1.29 is 38.4 Å². The van der Waals surface area contributed by atoms with Gasteiger partial charge < -0.3 is 28.8 Å². The van der Waals surface area contributed by atoms with Gasteiger partial charge in [-0.2, -0.15) is 0 Å². The maximum Gasteiger partial charge on any atom is 0.163 e. The fraction of sp³-hybridized carbons (Fsp3) is 0.357. The van der Waals surface area contributed by atoms with Crippen LogP contribution in [0.15, 0.2) is 48.6 Å². The van der Waals surface area contributed by atoms with Gasteiger partial charge in [0.15, 0.2) is 34.6 Å². The summed E-state index contributed by atoms with van der Waals surface area (Å²) >= 11 is 0. The molecule has 0 aliphatic rings. The predicted octanol–water partition coefficient (Wildman–Crippen LogP) is 4.49. The highest BCUT2D eigenvalue weighted by atomic mass is 16.6. The summed E-state index contributed by atoms with van der Waals surface area (Å²) in [6, 6.07) is 10.0. The van der Waals surface area contributed by atoms with Gasteiger partial charge in [0.25, 0.3) is 0 Å². The molecule has 1 N–H and O–H groups in total. The smallest absolute Gasteiger partial charge is 0.163 e. The Balaban J connectivity index is 1.82. The Morgan fingerprint density at radius 3 is 1.92 bits per heavy atom. The fourth-order valence-corrected chi connectivity index (χ4v) is 3.05. The highest BCUT2D eigenvalue weighted by Crippen LogP contribution is 2.29. The van der Waals surface area contributed by atoms with Gasteiger partial charge in [-0.05, 0) is 54.0 Å². The lowest BCUT2D eigenvalue weighted by Gasteiger charge is -2.11. The summed E-state index contributed by atoms with van der Waals surface area (Å²) in [5.74, 6) is 0.744. The maximum absolute atomic E-state index is 12.2. The number of ether oxygens (including phenoxy) is 5. The van der Waals surface area contributed by atoms with Crippen molar-refractivity contribution in [1.29, 1.82) is 0 Å². The standard InChI is InChI=1S/C28H34O8/c1-4-13-34-14-15-35-16-17-36-26-12-8-22(19-28(26)33-3)6-10-24(30)20-23(29)9-5-21-7-11-25(31)27(18-21)32-2/h5-12,18-19,31H,4,13-17,20H2,1-3H3/b9-5+,10-6+. The lowest BCUT2D eigenvalue weighted by molar-refractivity contribution is -0.121. The van der Waals surface area contributed by atoms with E-state index in [0.29, 0.717) is 49.2 Å². The van der Waals surface area contributed by atoms with Crippen molar-refractivity contribution in [2.45, 2.75) is 19.8 Å². The van der Waals surface area contributed by atoms with Crippen molar-refractivity contribution in [2.75, 3.05) is 47.3 Å². The molecule has 0 heterocycles. The first-order chi connectivity index (χ1) is 17.5. The van der Waals surface area contributed by atoms with Crippen LogP contribution in [0.4, 0.5) is 0 Å². The highest BCUT2D eigenvalue weighted by molar-refractivity contribution is 6.10. The lowest BCUT2D eigenvalue weighted by atomic mass is 10.1. The molecule has 194 valence electrons. The van der Waals surface area contributed by atoms with Gasteiger partial charge in [-0.15, -0.1) is 0 Å². The van der Waals surface area contributed by atoms with Crippen molar-refractivity contribution in [3.63, 3.8) is 0 Å². The molecule has 36 heavy (non-hydrogen) atoms. The van der Waals surface area contributed by atoms with Crippen molar-refractivity contribution in [1.82, 2.24) is 0 Å². The zero-order valence-corrected chi connectivity index (χ0v) is 21.0. The van der Waals surface area contributed by atoms with Gasteiger partial charge in [0, 0.05) is 6.61 Å². The van der Waals surface area contributed by atoms with Crippen LogP contribution in [0.2, 0.25) is 0 Å². The second kappa shape index (κ2) is 16.1. The fourth-order valence-electron chi connectivity index (χ4n) is 3.05. The summed E-state index contributed by atoms with van der Waals surface area (Å²) in [5.41, 5.74) is 1.40. The number of allylic oxidation sites excluding steroid dienone is 2. The average Bonchev–Trinajstić information content (AvgIpc) is 2.88. The minimum absolute atomic E-state index is 0.00948. The lowest BCUT2D eigenvalue weighted by Crippen LogP contribution is -2.11. The largest absolute Gasteiger partial charge is 0.504 e. The second-order valence-electron chi connectivity index (χ2n) is 7.69. The molecule has 0 bridgehead atoms. The molecule has 0 saturated carbocycles. The molecule has 0 fully saturated rings. The molecular weight excluding hydrogens is 464 g/mol. The molecule has 0 saturated heterocycles. The molecule has 0 aliphatic heterocycles. The summed E-state index contributed by atoms with van der Waals surface area (Å²) in [7, 11) is 2.98. The van der Waals surface area contributed by atoms with Gasteiger partial charge in [0.1, 0.15) is 6.61 Å². The van der Waals surface area contributed by atoms with E-state index in [9.17, 15) is 14.7 Å². The van der Waals surface area contributed by atoms with Crippen molar-refractivity contribution >= 4 is 23.7 Å². The summed E-state index contributed by atoms with van der Waals surface area (Å²) in [5, 5.41) is 9.63. The Bertz CT molecular complexity index is 1040. The molecular formula is C28H34O8. The number of phenols is 1. The third kappa shape index (κ3) is 10.3. The highest BCUT2D eigenvalue weighted by Gasteiger charge is 2.07. The van der Waals surface area contributed by atoms with E-state index in [1.807, 2.05) is 0 Å². The quantitative estimate of drug-likeness (QED) is 0.194. The maximum atomic E-state index is 12.2. The van der Waals surface area contributed by atoms with Crippen LogP contribution in [-0.2, 0) is 19.1 Å². The summed E-state index contributed by atoms with van der Waals surface area (Å²) in [6.45, 7) is 4.66. The monoisotopic (exact) mass is 498 g/mol. The van der Waals surface area contributed by atoms with E-state index in [1.165, 1.54) is 32.4 Å². The van der Waals surface area contributed by atoms with Gasteiger partial charge in [0.05, 0.1) is 40.5 Å². The SMILES string of the molecule is CCCOCCOCCOc1ccc(/C=C/C(=O)CC(=O)/C=C/c2ccc(O)c(OC)c2)cc1OC. The predicted molar refractivity (Wildman–Crippen MR) is 138 cm³/mol. The van der Waals surface area contributed by atoms with Gasteiger partial charge in [-0.25, -0.2) is 0 Å². The Morgan fingerprint density at radius 1 is 0.750 bits per heavy atom. The van der Waals surface area contributed by atoms with Crippen molar-refractivity contribution in [3.8, 4) is 23.0 Å². The molecule has 2 aromatic rings. The molecule has 0 amide bonds. The number of aromatic hydroxyl groups is 1. The first-order valence-corrected chi connectivity index (χ1v) is 11.7. The first-order valence-electron chi connectivity index (χ1n) is 11.7. The van der Waals surface area contributed by atoms with Crippen LogP contribution in [0.1, 0.15) is 30.9 Å². The van der Waals surface area contributed by atoms with Crippen LogP contribution in [0, 0.1) is 0 Å². The van der Waals surface area contributed by atoms with Crippen molar-refractivity contribution in [3.05, 3.63) is 59.7 Å². The number of rotatable bonds is 17. The molecule has 8 nitrogen and oxygen atoms in total. The molecule has 0 radical (unpaired) electrons. The number of carbonyl (C=O) groups is 2. The van der Waals surface area contributed by atoms with Gasteiger partial charge in [-0.3, -0.25) is 9.59 Å². The topological polar surface area (TPSA) is 101 Å². The zero-order valence-electron chi connectivity index (χ0n) is 21.0. The number of hydrogen-bond donors (Lipinski definition) is 1. The van der Waals surface area contributed by atoms with E-state index in [-0.39, 0.29) is 23.7 Å². The third-order valence-electron chi connectivity index (χ3n) is 4.87. The molecule has 0 spiro atoms. The van der Waals surface area contributed by atoms with Crippen LogP contribution in [-0.4, -0.2) is 63.9 Å². The summed E-state index contributed by atoms with van der Waals surface area (Å²) in [6.07, 6.45) is 6.60.